The van der Waals surface area contributed by atoms with Gasteiger partial charge in [0.25, 0.3) is 5.91 Å². The zero-order valence-electron chi connectivity index (χ0n) is 18.5. The van der Waals surface area contributed by atoms with Crippen LogP contribution in [-0.4, -0.2) is 50.3 Å². The van der Waals surface area contributed by atoms with Crippen LogP contribution in [0.5, 0.6) is 0 Å². The van der Waals surface area contributed by atoms with Gasteiger partial charge in [-0.3, -0.25) is 14.3 Å². The molecular weight excluding hydrogens is 483 g/mol. The predicted molar refractivity (Wildman–Crippen MR) is 125 cm³/mol. The van der Waals surface area contributed by atoms with Gasteiger partial charge in [-0.05, 0) is 61.9 Å². The largest absolute Gasteiger partial charge is 0.481 e. The first-order valence-corrected chi connectivity index (χ1v) is 12.0. The molecule has 2 N–H and O–H groups in total. The molecule has 0 radical (unpaired) electrons. The Labute approximate surface area is 207 Å². The number of nitrogens with zero attached hydrogens (tertiary/aromatic N) is 3. The number of ether oxygens (including phenoxy) is 1. The number of halogens is 2. The van der Waals surface area contributed by atoms with E-state index >= 15 is 0 Å². The van der Waals surface area contributed by atoms with Crippen molar-refractivity contribution in [1.29, 1.82) is 0 Å². The maximum Gasteiger partial charge on any atom is 0.410 e. The summed E-state index contributed by atoms with van der Waals surface area (Å²) in [6.07, 6.45) is 2.58. The number of amides is 2. The van der Waals surface area contributed by atoms with Crippen molar-refractivity contribution in [3.05, 3.63) is 51.3 Å². The normalized spacial score (nSPS) is 20.2. The van der Waals surface area contributed by atoms with E-state index in [2.05, 4.69) is 10.4 Å². The Kier molecular flexibility index (Phi) is 7.63. The quantitative estimate of drug-likeness (QED) is 0.628. The van der Waals surface area contributed by atoms with Gasteiger partial charge in [-0.25, -0.2) is 4.79 Å². The van der Waals surface area contributed by atoms with Gasteiger partial charge in [0.15, 0.2) is 5.69 Å². The molecule has 2 heterocycles. The summed E-state index contributed by atoms with van der Waals surface area (Å²) in [5, 5.41) is 17.5. The van der Waals surface area contributed by atoms with Gasteiger partial charge >= 0.3 is 12.1 Å². The molecule has 1 aliphatic carbocycles. The highest BCUT2D eigenvalue weighted by molar-refractivity contribution is 6.34. The number of carbonyl (C=O) groups is 3. The average Bonchev–Trinajstić information content (AvgIpc) is 3.09. The number of fused-ring (bicyclic) bond motifs is 1. The molecule has 1 aliphatic heterocycles. The van der Waals surface area contributed by atoms with Gasteiger partial charge < -0.3 is 20.1 Å². The molecule has 0 unspecified atom stereocenters. The lowest BCUT2D eigenvalue weighted by Crippen LogP contribution is -2.39. The van der Waals surface area contributed by atoms with E-state index in [1.165, 1.54) is 0 Å². The molecule has 11 heteroatoms. The number of carboxylic acid groups (broad SMARTS) is 1. The summed E-state index contributed by atoms with van der Waals surface area (Å²) in [7, 11) is 0. The lowest BCUT2D eigenvalue weighted by Gasteiger charge is -2.26. The number of hydrogen-bond acceptors (Lipinski definition) is 5. The molecule has 0 atom stereocenters. The molecule has 1 aromatic carbocycles. The first-order chi connectivity index (χ1) is 16.3. The summed E-state index contributed by atoms with van der Waals surface area (Å²) >= 11 is 12.0. The minimum Gasteiger partial charge on any atom is -0.481 e. The number of nitrogens with one attached hydrogen (secondary N) is 1. The van der Waals surface area contributed by atoms with Crippen LogP contribution in [0.15, 0.2) is 24.3 Å². The van der Waals surface area contributed by atoms with Crippen molar-refractivity contribution in [2.24, 2.45) is 5.92 Å². The summed E-state index contributed by atoms with van der Waals surface area (Å²) in [5.74, 6) is -1.40. The molecule has 1 fully saturated rings. The lowest BCUT2D eigenvalue weighted by molar-refractivity contribution is -0.142. The molecule has 0 saturated heterocycles. The van der Waals surface area contributed by atoms with Crippen LogP contribution in [0.1, 0.15) is 53.8 Å². The van der Waals surface area contributed by atoms with Crippen molar-refractivity contribution < 1.29 is 24.2 Å². The SMILES string of the molecule is O=C(N[C@H]1CC[C@H](C(=O)O)CC1)c1cc2n(n1)CCCN(C(=O)OCc1cc(Cl)cc(Cl)c1)C2. The van der Waals surface area contributed by atoms with Gasteiger partial charge in [0.1, 0.15) is 6.61 Å². The van der Waals surface area contributed by atoms with Crippen molar-refractivity contribution in [3.8, 4) is 0 Å². The number of benzene rings is 1. The molecular formula is C23H26Cl2N4O5. The third-order valence-corrected chi connectivity index (χ3v) is 6.64. The number of carbonyl (C=O) groups excluding carboxylic acids is 2. The second-order valence-corrected chi connectivity index (χ2v) is 9.58. The highest BCUT2D eigenvalue weighted by atomic mass is 35.5. The predicted octanol–water partition coefficient (Wildman–Crippen LogP) is 4.11. The number of aryl methyl sites for hydroxylation is 1. The van der Waals surface area contributed by atoms with Crippen LogP contribution < -0.4 is 5.32 Å². The van der Waals surface area contributed by atoms with Crippen molar-refractivity contribution in [2.45, 2.75) is 57.8 Å². The highest BCUT2D eigenvalue weighted by Gasteiger charge is 2.28. The molecule has 34 heavy (non-hydrogen) atoms. The van der Waals surface area contributed by atoms with E-state index in [4.69, 9.17) is 33.0 Å². The van der Waals surface area contributed by atoms with Gasteiger partial charge in [-0.2, -0.15) is 5.10 Å². The van der Waals surface area contributed by atoms with E-state index in [1.807, 2.05) is 0 Å². The highest BCUT2D eigenvalue weighted by Crippen LogP contribution is 2.25. The Morgan fingerprint density at radius 3 is 2.44 bits per heavy atom. The van der Waals surface area contributed by atoms with E-state index in [0.717, 1.165) is 5.69 Å². The van der Waals surface area contributed by atoms with E-state index in [-0.39, 0.29) is 31.0 Å². The fourth-order valence-corrected chi connectivity index (χ4v) is 4.97. The minimum absolute atomic E-state index is 0.0483. The summed E-state index contributed by atoms with van der Waals surface area (Å²) in [6.45, 7) is 1.42. The van der Waals surface area contributed by atoms with Crippen molar-refractivity contribution in [1.82, 2.24) is 20.0 Å². The second-order valence-electron chi connectivity index (χ2n) is 8.71. The molecule has 2 aliphatic rings. The van der Waals surface area contributed by atoms with Gasteiger partial charge in [-0.15, -0.1) is 0 Å². The van der Waals surface area contributed by atoms with Crippen LogP contribution in [0.3, 0.4) is 0 Å². The monoisotopic (exact) mass is 508 g/mol. The number of rotatable bonds is 5. The fourth-order valence-electron chi connectivity index (χ4n) is 4.40. The molecule has 1 saturated carbocycles. The fraction of sp³-hybridized carbons (Fsp3) is 0.478. The lowest BCUT2D eigenvalue weighted by atomic mass is 9.86. The Bertz CT molecular complexity index is 1060. The molecule has 1 aromatic heterocycles. The van der Waals surface area contributed by atoms with Gasteiger partial charge in [0.05, 0.1) is 18.2 Å². The molecule has 9 nitrogen and oxygen atoms in total. The van der Waals surface area contributed by atoms with E-state index < -0.39 is 12.1 Å². The number of hydrogen-bond donors (Lipinski definition) is 2. The standard InChI is InChI=1S/C23H26Cl2N4O5/c24-16-8-14(9-17(25)10-16)13-34-23(33)28-6-1-7-29-19(12-28)11-20(27-29)21(30)26-18-4-2-15(3-5-18)22(31)32/h8-11,15,18H,1-7,12-13H2,(H,26,30)(H,31,32)/t15-,18-. The number of carboxylic acids is 1. The average molecular weight is 509 g/mol. The van der Waals surface area contributed by atoms with Crippen molar-refractivity contribution in [3.63, 3.8) is 0 Å². The molecule has 4 rings (SSSR count). The van der Waals surface area contributed by atoms with Crippen LogP contribution in [0.25, 0.3) is 0 Å². The first-order valence-electron chi connectivity index (χ1n) is 11.3. The minimum atomic E-state index is -0.776. The van der Waals surface area contributed by atoms with Crippen LogP contribution in [0, 0.1) is 5.92 Å². The van der Waals surface area contributed by atoms with E-state index in [1.54, 1.807) is 33.8 Å². The molecule has 2 aromatic rings. The van der Waals surface area contributed by atoms with Crippen molar-refractivity contribution in [2.75, 3.05) is 6.54 Å². The summed E-state index contributed by atoms with van der Waals surface area (Å²) in [5.41, 5.74) is 1.74. The number of aliphatic carboxylic acids is 1. The number of aromatic nitrogens is 2. The maximum absolute atomic E-state index is 12.7. The Morgan fingerprint density at radius 1 is 1.06 bits per heavy atom. The zero-order valence-corrected chi connectivity index (χ0v) is 20.0. The summed E-state index contributed by atoms with van der Waals surface area (Å²) < 4.78 is 7.20. The Balaban J connectivity index is 1.34. The van der Waals surface area contributed by atoms with E-state index in [0.29, 0.717) is 66.5 Å². The molecule has 0 bridgehead atoms. The van der Waals surface area contributed by atoms with Crippen molar-refractivity contribution >= 4 is 41.2 Å². The molecule has 0 spiro atoms. The van der Waals surface area contributed by atoms with Gasteiger partial charge in [-0.1, -0.05) is 23.2 Å². The van der Waals surface area contributed by atoms with Crippen LogP contribution in [0.2, 0.25) is 10.0 Å². The first kappa shape index (κ1) is 24.3. The zero-order chi connectivity index (χ0) is 24.2. The Hall–Kier alpha value is -2.78. The summed E-state index contributed by atoms with van der Waals surface area (Å²) in [6, 6.07) is 6.63. The second kappa shape index (κ2) is 10.7. The van der Waals surface area contributed by atoms with Gasteiger partial charge in [0, 0.05) is 29.2 Å². The third kappa shape index (κ3) is 6.01. The summed E-state index contributed by atoms with van der Waals surface area (Å²) in [4.78, 5) is 38.1. The van der Waals surface area contributed by atoms with Crippen LogP contribution in [-0.2, 0) is 29.2 Å². The molecule has 2 amide bonds. The molecule has 182 valence electrons. The van der Waals surface area contributed by atoms with Crippen LogP contribution in [0.4, 0.5) is 4.79 Å². The maximum atomic E-state index is 12.7. The smallest absolute Gasteiger partial charge is 0.410 e. The van der Waals surface area contributed by atoms with Crippen LogP contribution >= 0.6 is 23.2 Å². The van der Waals surface area contributed by atoms with Gasteiger partial charge in [0.2, 0.25) is 0 Å². The Morgan fingerprint density at radius 2 is 1.76 bits per heavy atom. The third-order valence-electron chi connectivity index (χ3n) is 6.20. The topological polar surface area (TPSA) is 114 Å². The van der Waals surface area contributed by atoms with E-state index in [9.17, 15) is 14.4 Å².